The number of carbonyl (C=O) groups is 1. The average Bonchev–Trinajstić information content (AvgIpc) is 3.05. The highest BCUT2D eigenvalue weighted by Gasteiger charge is 2.09. The first-order valence-corrected chi connectivity index (χ1v) is 7.48. The summed E-state index contributed by atoms with van der Waals surface area (Å²) in [6, 6.07) is 5.22. The van der Waals surface area contributed by atoms with E-state index in [0.29, 0.717) is 19.0 Å². The number of urea groups is 1. The molecule has 7 heteroatoms. The third-order valence-electron chi connectivity index (χ3n) is 2.86. The van der Waals surface area contributed by atoms with Crippen LogP contribution in [-0.4, -0.2) is 29.7 Å². The second-order valence-electron chi connectivity index (χ2n) is 4.51. The molecule has 0 radical (unpaired) electrons. The van der Waals surface area contributed by atoms with E-state index in [0.717, 1.165) is 10.7 Å². The van der Waals surface area contributed by atoms with Gasteiger partial charge in [-0.25, -0.2) is 14.8 Å². The molecule has 2 heterocycles. The predicted molar refractivity (Wildman–Crippen MR) is 81.6 cm³/mol. The van der Waals surface area contributed by atoms with Crippen LogP contribution in [0.15, 0.2) is 29.8 Å². The van der Waals surface area contributed by atoms with Gasteiger partial charge in [-0.1, -0.05) is 13.0 Å². The highest BCUT2D eigenvalue weighted by Crippen LogP contribution is 2.16. The smallest absolute Gasteiger partial charge is 0.315 e. The zero-order valence-corrected chi connectivity index (χ0v) is 12.8. The summed E-state index contributed by atoms with van der Waals surface area (Å²) >= 11 is 1.59. The van der Waals surface area contributed by atoms with Crippen LogP contribution in [0.4, 0.5) is 4.79 Å². The fraction of sp³-hybridized carbons (Fsp3) is 0.357. The number of ether oxygens (including phenoxy) is 1. The van der Waals surface area contributed by atoms with E-state index in [2.05, 4.69) is 20.6 Å². The average molecular weight is 306 g/mol. The van der Waals surface area contributed by atoms with Gasteiger partial charge in [-0.3, -0.25) is 0 Å². The molecule has 0 spiro atoms. The summed E-state index contributed by atoms with van der Waals surface area (Å²) in [5, 5.41) is 8.54. The van der Waals surface area contributed by atoms with Crippen molar-refractivity contribution in [1.29, 1.82) is 0 Å². The van der Waals surface area contributed by atoms with Crippen LogP contribution in [-0.2, 0) is 6.54 Å². The second kappa shape index (κ2) is 7.58. The van der Waals surface area contributed by atoms with E-state index in [1.807, 2.05) is 24.4 Å². The van der Waals surface area contributed by atoms with Crippen molar-refractivity contribution in [3.8, 4) is 5.88 Å². The molecule has 2 aromatic rings. The molecule has 112 valence electrons. The van der Waals surface area contributed by atoms with Crippen LogP contribution in [0.1, 0.15) is 23.5 Å². The normalized spacial score (nSPS) is 11.7. The van der Waals surface area contributed by atoms with Crippen LogP contribution in [0.3, 0.4) is 0 Å². The van der Waals surface area contributed by atoms with Crippen molar-refractivity contribution in [2.75, 3.05) is 13.7 Å². The van der Waals surface area contributed by atoms with Gasteiger partial charge in [0, 0.05) is 30.1 Å². The van der Waals surface area contributed by atoms with E-state index >= 15 is 0 Å². The largest absolute Gasteiger partial charge is 0.481 e. The van der Waals surface area contributed by atoms with Crippen LogP contribution in [0.25, 0.3) is 0 Å². The number of rotatable bonds is 6. The molecule has 21 heavy (non-hydrogen) atoms. The molecule has 0 fully saturated rings. The molecule has 2 amide bonds. The van der Waals surface area contributed by atoms with Gasteiger partial charge in [-0.15, -0.1) is 11.3 Å². The third-order valence-corrected chi connectivity index (χ3v) is 3.87. The minimum atomic E-state index is -0.219. The van der Waals surface area contributed by atoms with Crippen molar-refractivity contribution in [3.63, 3.8) is 0 Å². The first-order chi connectivity index (χ1) is 10.2. The Morgan fingerprint density at radius 3 is 3.00 bits per heavy atom. The molecule has 0 bridgehead atoms. The number of aromatic nitrogens is 2. The van der Waals surface area contributed by atoms with E-state index < -0.39 is 0 Å². The van der Waals surface area contributed by atoms with Gasteiger partial charge in [0.15, 0.2) is 0 Å². The Morgan fingerprint density at radius 2 is 2.29 bits per heavy atom. The van der Waals surface area contributed by atoms with Crippen molar-refractivity contribution in [1.82, 2.24) is 20.6 Å². The minimum absolute atomic E-state index is 0.200. The SMILES string of the molecule is COc1cccc(CNC(=O)NC[C@H](C)c2nccs2)n1. The Morgan fingerprint density at radius 1 is 1.43 bits per heavy atom. The molecular weight excluding hydrogens is 288 g/mol. The van der Waals surface area contributed by atoms with E-state index in [4.69, 9.17) is 4.74 Å². The van der Waals surface area contributed by atoms with Crippen LogP contribution in [0, 0.1) is 0 Å². The number of nitrogens with zero attached hydrogens (tertiary/aromatic N) is 2. The molecule has 0 aliphatic rings. The molecule has 0 aromatic carbocycles. The van der Waals surface area contributed by atoms with Crippen LogP contribution < -0.4 is 15.4 Å². The lowest BCUT2D eigenvalue weighted by Crippen LogP contribution is -2.37. The molecule has 2 N–H and O–H groups in total. The quantitative estimate of drug-likeness (QED) is 0.857. The topological polar surface area (TPSA) is 76.1 Å². The predicted octanol–water partition coefficient (Wildman–Crippen LogP) is 2.15. The summed E-state index contributed by atoms with van der Waals surface area (Å²) in [5.41, 5.74) is 0.748. The van der Waals surface area contributed by atoms with Crippen molar-refractivity contribution >= 4 is 17.4 Å². The number of pyridine rings is 1. The number of thiazole rings is 1. The fourth-order valence-electron chi connectivity index (χ4n) is 1.71. The maximum Gasteiger partial charge on any atom is 0.315 e. The molecule has 0 saturated heterocycles. The van der Waals surface area contributed by atoms with Crippen molar-refractivity contribution in [2.45, 2.75) is 19.4 Å². The Hall–Kier alpha value is -2.15. The highest BCUT2D eigenvalue weighted by molar-refractivity contribution is 7.09. The number of methoxy groups -OCH3 is 1. The number of carbonyl (C=O) groups excluding carboxylic acids is 1. The molecule has 6 nitrogen and oxygen atoms in total. The van der Waals surface area contributed by atoms with Gasteiger partial charge in [0.25, 0.3) is 0 Å². The lowest BCUT2D eigenvalue weighted by atomic mass is 10.2. The van der Waals surface area contributed by atoms with Crippen molar-refractivity contribution in [3.05, 3.63) is 40.5 Å². The zero-order valence-electron chi connectivity index (χ0n) is 12.0. The first-order valence-electron chi connectivity index (χ1n) is 6.60. The molecule has 0 aliphatic carbocycles. The van der Waals surface area contributed by atoms with Gasteiger partial charge in [-0.05, 0) is 6.07 Å². The van der Waals surface area contributed by atoms with Crippen LogP contribution in [0.5, 0.6) is 5.88 Å². The van der Waals surface area contributed by atoms with Crippen molar-refractivity contribution < 1.29 is 9.53 Å². The molecule has 0 aliphatic heterocycles. The monoisotopic (exact) mass is 306 g/mol. The molecular formula is C14H18N4O2S. The zero-order chi connectivity index (χ0) is 15.1. The van der Waals surface area contributed by atoms with Gasteiger partial charge < -0.3 is 15.4 Å². The molecule has 0 saturated carbocycles. The number of hydrogen-bond acceptors (Lipinski definition) is 5. The molecule has 2 aromatic heterocycles. The Balaban J connectivity index is 1.74. The van der Waals surface area contributed by atoms with Gasteiger partial charge in [-0.2, -0.15) is 0 Å². The summed E-state index contributed by atoms with van der Waals surface area (Å²) in [7, 11) is 1.56. The van der Waals surface area contributed by atoms with E-state index in [1.165, 1.54) is 0 Å². The van der Waals surface area contributed by atoms with Gasteiger partial charge >= 0.3 is 6.03 Å². The Labute approximate surface area is 127 Å². The number of amides is 2. The van der Waals surface area contributed by atoms with Crippen LogP contribution >= 0.6 is 11.3 Å². The summed E-state index contributed by atoms with van der Waals surface area (Å²) < 4.78 is 5.04. The Bertz CT molecular complexity index is 574. The maximum absolute atomic E-state index is 11.7. The summed E-state index contributed by atoms with van der Waals surface area (Å²) in [6.07, 6.45) is 1.77. The Kier molecular flexibility index (Phi) is 5.51. The van der Waals surface area contributed by atoms with E-state index in [-0.39, 0.29) is 11.9 Å². The van der Waals surface area contributed by atoms with Gasteiger partial charge in [0.1, 0.15) is 0 Å². The second-order valence-corrected chi connectivity index (χ2v) is 5.43. The first kappa shape index (κ1) is 15.2. The summed E-state index contributed by atoms with van der Waals surface area (Å²) in [6.45, 7) is 2.93. The summed E-state index contributed by atoms with van der Waals surface area (Å²) in [5.74, 6) is 0.734. The maximum atomic E-state index is 11.7. The van der Waals surface area contributed by atoms with Gasteiger partial charge in [0.2, 0.25) is 5.88 Å². The standard InChI is InChI=1S/C14H18N4O2S/c1-10(13-15-6-7-21-13)8-16-14(19)17-9-11-4-3-5-12(18-11)20-2/h3-7,10H,8-9H2,1-2H3,(H2,16,17,19)/t10-/m0/s1. The van der Waals surface area contributed by atoms with Crippen molar-refractivity contribution in [2.24, 2.45) is 0 Å². The lowest BCUT2D eigenvalue weighted by Gasteiger charge is -2.11. The lowest BCUT2D eigenvalue weighted by molar-refractivity contribution is 0.240. The van der Waals surface area contributed by atoms with Crippen LogP contribution in [0.2, 0.25) is 0 Å². The molecule has 0 unspecified atom stereocenters. The minimum Gasteiger partial charge on any atom is -0.481 e. The number of nitrogens with one attached hydrogen (secondary N) is 2. The molecule has 1 atom stereocenters. The third kappa shape index (κ3) is 4.71. The highest BCUT2D eigenvalue weighted by atomic mass is 32.1. The number of hydrogen-bond donors (Lipinski definition) is 2. The van der Waals surface area contributed by atoms with Gasteiger partial charge in [0.05, 0.1) is 24.4 Å². The van der Waals surface area contributed by atoms with E-state index in [1.54, 1.807) is 30.7 Å². The molecule has 2 rings (SSSR count). The van der Waals surface area contributed by atoms with E-state index in [9.17, 15) is 4.79 Å². The fourth-order valence-corrected chi connectivity index (χ4v) is 2.41. The summed E-state index contributed by atoms with van der Waals surface area (Å²) in [4.78, 5) is 20.2.